The van der Waals surface area contributed by atoms with Gasteiger partial charge in [0.25, 0.3) is 0 Å². The molecule has 3 aromatic carbocycles. The molecule has 0 amide bonds. The van der Waals surface area contributed by atoms with Crippen molar-refractivity contribution in [2.45, 2.75) is 90.9 Å². The van der Waals surface area contributed by atoms with Gasteiger partial charge in [-0.05, 0) is 60.4 Å². The third-order valence-electron chi connectivity index (χ3n) is 7.30. The van der Waals surface area contributed by atoms with Gasteiger partial charge < -0.3 is 9.47 Å². The molecule has 42 heavy (non-hydrogen) atoms. The Morgan fingerprint density at radius 3 is 1.21 bits per heavy atom. The molecule has 2 nitrogen and oxygen atoms in total. The molecule has 0 aliphatic heterocycles. The Morgan fingerprint density at radius 1 is 0.476 bits per heavy atom. The van der Waals surface area contributed by atoms with Crippen molar-refractivity contribution >= 4 is 24.3 Å². The van der Waals surface area contributed by atoms with Crippen LogP contribution in [-0.2, 0) is 0 Å². The molecular formula is C38H48F2O2. The van der Waals surface area contributed by atoms with Gasteiger partial charge in [-0.25, -0.2) is 8.78 Å². The van der Waals surface area contributed by atoms with Crippen molar-refractivity contribution in [2.24, 2.45) is 0 Å². The van der Waals surface area contributed by atoms with Crippen molar-refractivity contribution in [3.8, 4) is 11.5 Å². The van der Waals surface area contributed by atoms with E-state index >= 15 is 0 Å². The molecule has 0 saturated carbocycles. The number of rotatable bonds is 20. The fraction of sp³-hybridized carbons (Fsp3) is 0.421. The maximum atomic E-state index is 13.4. The number of benzene rings is 3. The number of unbranched alkanes of at least 4 members (excludes halogenated alkanes) is 10. The average Bonchev–Trinajstić information content (AvgIpc) is 3.00. The van der Waals surface area contributed by atoms with Crippen LogP contribution in [0.25, 0.3) is 24.3 Å². The van der Waals surface area contributed by atoms with Crippen LogP contribution in [0.2, 0.25) is 0 Å². The minimum Gasteiger partial charge on any atom is -0.493 e. The average molecular weight is 575 g/mol. The Labute approximate surface area is 252 Å². The summed E-state index contributed by atoms with van der Waals surface area (Å²) in [6.07, 6.45) is 22.3. The first-order valence-electron chi connectivity index (χ1n) is 15.9. The first kappa shape index (κ1) is 33.1. The van der Waals surface area contributed by atoms with Gasteiger partial charge in [0.05, 0.1) is 13.2 Å². The number of halogens is 2. The lowest BCUT2D eigenvalue weighted by atomic mass is 10.0. The molecule has 0 radical (unpaired) electrons. The van der Waals surface area contributed by atoms with Gasteiger partial charge in [-0.1, -0.05) is 127 Å². The zero-order chi connectivity index (χ0) is 29.8. The molecule has 4 heteroatoms. The SMILES string of the molecule is CCCCCCCCOc1cc(C=Cc2ccc(F)cc2)c(OCCCCCCCC)cc1C=Cc1ccc(F)cc1. The van der Waals surface area contributed by atoms with E-state index in [1.807, 2.05) is 36.4 Å². The van der Waals surface area contributed by atoms with Crippen molar-refractivity contribution in [1.29, 1.82) is 0 Å². The van der Waals surface area contributed by atoms with Crippen LogP contribution in [0, 0.1) is 11.6 Å². The van der Waals surface area contributed by atoms with Crippen LogP contribution < -0.4 is 9.47 Å². The highest BCUT2D eigenvalue weighted by Crippen LogP contribution is 2.33. The van der Waals surface area contributed by atoms with Crippen molar-refractivity contribution in [3.05, 3.63) is 94.6 Å². The van der Waals surface area contributed by atoms with Gasteiger partial charge in [-0.15, -0.1) is 0 Å². The van der Waals surface area contributed by atoms with Gasteiger partial charge in [0.1, 0.15) is 23.1 Å². The molecule has 226 valence electrons. The van der Waals surface area contributed by atoms with Crippen LogP contribution in [0.3, 0.4) is 0 Å². The Bertz CT molecular complexity index is 1120. The molecule has 0 spiro atoms. The monoisotopic (exact) mass is 574 g/mol. The standard InChI is InChI=1S/C38H48F2O2/c1-3-5-7-9-11-13-27-41-37-29-34(22-16-32-19-25-36(40)26-20-32)38(42-28-14-12-10-8-6-4-2)30-33(37)21-15-31-17-23-35(39)24-18-31/h15-26,29-30H,3-14,27-28H2,1-2H3. The van der Waals surface area contributed by atoms with E-state index in [0.29, 0.717) is 13.2 Å². The van der Waals surface area contributed by atoms with Gasteiger partial charge >= 0.3 is 0 Å². The molecule has 0 saturated heterocycles. The number of hydrogen-bond donors (Lipinski definition) is 0. The lowest BCUT2D eigenvalue weighted by Crippen LogP contribution is -2.03. The molecule has 3 aromatic rings. The summed E-state index contributed by atoms with van der Waals surface area (Å²) in [7, 11) is 0. The summed E-state index contributed by atoms with van der Waals surface area (Å²) in [4.78, 5) is 0. The predicted molar refractivity (Wildman–Crippen MR) is 175 cm³/mol. The van der Waals surface area contributed by atoms with Gasteiger partial charge in [0, 0.05) is 11.1 Å². The second kappa shape index (κ2) is 19.7. The maximum absolute atomic E-state index is 13.4. The summed E-state index contributed by atoms with van der Waals surface area (Å²) in [6.45, 7) is 5.74. The van der Waals surface area contributed by atoms with E-state index in [-0.39, 0.29) is 11.6 Å². The molecule has 3 rings (SSSR count). The third-order valence-corrected chi connectivity index (χ3v) is 7.30. The van der Waals surface area contributed by atoms with E-state index in [1.165, 1.54) is 75.6 Å². The van der Waals surface area contributed by atoms with Crippen LogP contribution in [0.1, 0.15) is 113 Å². The highest BCUT2D eigenvalue weighted by atomic mass is 19.1. The zero-order valence-corrected chi connectivity index (χ0v) is 25.6. The fourth-order valence-corrected chi connectivity index (χ4v) is 4.75. The Morgan fingerprint density at radius 2 is 0.833 bits per heavy atom. The van der Waals surface area contributed by atoms with Gasteiger partial charge in [0.2, 0.25) is 0 Å². The third kappa shape index (κ3) is 12.6. The molecule has 0 aromatic heterocycles. The van der Waals surface area contributed by atoms with Crippen molar-refractivity contribution < 1.29 is 18.3 Å². The molecule has 0 atom stereocenters. The lowest BCUT2D eigenvalue weighted by Gasteiger charge is -2.15. The molecule has 0 unspecified atom stereocenters. The normalized spacial score (nSPS) is 11.5. The summed E-state index contributed by atoms with van der Waals surface area (Å²) in [6, 6.07) is 17.0. The van der Waals surface area contributed by atoms with E-state index in [9.17, 15) is 8.78 Å². The first-order chi connectivity index (χ1) is 20.6. The van der Waals surface area contributed by atoms with Crippen LogP contribution in [-0.4, -0.2) is 13.2 Å². The Kier molecular flexibility index (Phi) is 15.5. The lowest BCUT2D eigenvalue weighted by molar-refractivity contribution is 0.295. The molecule has 0 aliphatic carbocycles. The molecule has 0 aliphatic rings. The predicted octanol–water partition coefficient (Wildman–Crippen LogP) is 11.8. The van der Waals surface area contributed by atoms with Crippen molar-refractivity contribution in [1.82, 2.24) is 0 Å². The molecule has 0 fully saturated rings. The fourth-order valence-electron chi connectivity index (χ4n) is 4.75. The van der Waals surface area contributed by atoms with E-state index in [0.717, 1.165) is 59.4 Å². The largest absolute Gasteiger partial charge is 0.493 e. The highest BCUT2D eigenvalue weighted by molar-refractivity contribution is 5.78. The number of ether oxygens (including phenoxy) is 2. The van der Waals surface area contributed by atoms with Crippen LogP contribution in [0.4, 0.5) is 8.78 Å². The second-order valence-electron chi connectivity index (χ2n) is 10.9. The first-order valence-corrected chi connectivity index (χ1v) is 15.9. The minimum atomic E-state index is -0.252. The Balaban J connectivity index is 1.83. The van der Waals surface area contributed by atoms with E-state index < -0.39 is 0 Å². The Hall–Kier alpha value is -3.40. The zero-order valence-electron chi connectivity index (χ0n) is 25.6. The highest BCUT2D eigenvalue weighted by Gasteiger charge is 2.11. The summed E-state index contributed by atoms with van der Waals surface area (Å²) in [5, 5.41) is 0. The topological polar surface area (TPSA) is 18.5 Å². The van der Waals surface area contributed by atoms with Crippen LogP contribution >= 0.6 is 0 Å². The summed E-state index contributed by atoms with van der Waals surface area (Å²) in [5.41, 5.74) is 3.66. The minimum absolute atomic E-state index is 0.252. The number of hydrogen-bond acceptors (Lipinski definition) is 2. The molecular weight excluding hydrogens is 526 g/mol. The molecule has 0 bridgehead atoms. The van der Waals surface area contributed by atoms with Crippen molar-refractivity contribution in [3.63, 3.8) is 0 Å². The summed E-state index contributed by atoms with van der Waals surface area (Å²) in [5.74, 6) is 1.07. The van der Waals surface area contributed by atoms with E-state index in [4.69, 9.17) is 9.47 Å². The van der Waals surface area contributed by atoms with Gasteiger partial charge in [-0.3, -0.25) is 0 Å². The van der Waals surface area contributed by atoms with Gasteiger partial charge in [-0.2, -0.15) is 0 Å². The summed E-state index contributed by atoms with van der Waals surface area (Å²) < 4.78 is 39.6. The quantitative estimate of drug-likeness (QED) is 0.0987. The summed E-state index contributed by atoms with van der Waals surface area (Å²) >= 11 is 0. The second-order valence-corrected chi connectivity index (χ2v) is 10.9. The van der Waals surface area contributed by atoms with Crippen LogP contribution in [0.5, 0.6) is 11.5 Å². The van der Waals surface area contributed by atoms with Crippen LogP contribution in [0.15, 0.2) is 60.7 Å². The maximum Gasteiger partial charge on any atom is 0.127 e. The van der Waals surface area contributed by atoms with E-state index in [1.54, 1.807) is 24.3 Å². The molecule has 0 N–H and O–H groups in total. The molecule has 0 heterocycles. The smallest absolute Gasteiger partial charge is 0.127 e. The van der Waals surface area contributed by atoms with E-state index in [2.05, 4.69) is 13.8 Å². The van der Waals surface area contributed by atoms with Crippen molar-refractivity contribution in [2.75, 3.05) is 13.2 Å². The van der Waals surface area contributed by atoms with Gasteiger partial charge in [0.15, 0.2) is 0 Å².